The van der Waals surface area contributed by atoms with E-state index in [9.17, 15) is 9.18 Å². The van der Waals surface area contributed by atoms with Gasteiger partial charge in [-0.3, -0.25) is 0 Å². The molecule has 0 aromatic heterocycles. The summed E-state index contributed by atoms with van der Waals surface area (Å²) in [5, 5.41) is 11.9. The number of benzene rings is 1. The number of carboxylic acids is 1. The van der Waals surface area contributed by atoms with Crippen molar-refractivity contribution in [2.75, 3.05) is 0 Å². The van der Waals surface area contributed by atoms with Gasteiger partial charge in [0.1, 0.15) is 0 Å². The highest BCUT2D eigenvalue weighted by Gasteiger charge is 2.17. The summed E-state index contributed by atoms with van der Waals surface area (Å²) in [7, 11) is 0. The minimum Gasteiger partial charge on any atom is -0.479 e. The molecule has 0 saturated carbocycles. The van der Waals surface area contributed by atoms with Gasteiger partial charge in [0.25, 0.3) is 0 Å². The average molecular weight is 255 g/mol. The molecule has 5 heteroatoms. The zero-order valence-electron chi connectivity index (χ0n) is 10.7. The van der Waals surface area contributed by atoms with Gasteiger partial charge < -0.3 is 15.2 Å². The number of rotatable bonds is 6. The third kappa shape index (κ3) is 4.00. The van der Waals surface area contributed by atoms with Crippen molar-refractivity contribution in [1.29, 1.82) is 0 Å². The van der Waals surface area contributed by atoms with Gasteiger partial charge in [0.2, 0.25) is 0 Å². The molecule has 0 bridgehead atoms. The van der Waals surface area contributed by atoms with Gasteiger partial charge in [0, 0.05) is 18.2 Å². The molecule has 0 aliphatic heterocycles. The van der Waals surface area contributed by atoms with E-state index in [1.165, 1.54) is 13.0 Å². The maximum Gasteiger partial charge on any atom is 0.344 e. The van der Waals surface area contributed by atoms with Crippen molar-refractivity contribution in [2.24, 2.45) is 0 Å². The first-order chi connectivity index (χ1) is 8.41. The van der Waals surface area contributed by atoms with E-state index < -0.39 is 17.9 Å². The van der Waals surface area contributed by atoms with Crippen LogP contribution >= 0.6 is 0 Å². The first-order valence-electron chi connectivity index (χ1n) is 5.82. The fourth-order valence-electron chi connectivity index (χ4n) is 1.37. The van der Waals surface area contributed by atoms with Gasteiger partial charge >= 0.3 is 5.97 Å². The summed E-state index contributed by atoms with van der Waals surface area (Å²) in [5.74, 6) is -1.67. The van der Waals surface area contributed by atoms with Crippen molar-refractivity contribution in [3.63, 3.8) is 0 Å². The molecule has 0 saturated heterocycles. The summed E-state index contributed by atoms with van der Waals surface area (Å²) in [5.41, 5.74) is 0.608. The van der Waals surface area contributed by atoms with Crippen molar-refractivity contribution in [3.8, 4) is 5.75 Å². The third-order valence-corrected chi connectivity index (χ3v) is 2.39. The van der Waals surface area contributed by atoms with Crippen LogP contribution in [0.2, 0.25) is 0 Å². The van der Waals surface area contributed by atoms with Gasteiger partial charge in [0.05, 0.1) is 0 Å². The maximum absolute atomic E-state index is 13.7. The van der Waals surface area contributed by atoms with Crippen LogP contribution in [0.4, 0.5) is 4.39 Å². The Balaban J connectivity index is 2.89. The second-order valence-electron chi connectivity index (χ2n) is 4.36. The Morgan fingerprint density at radius 3 is 2.67 bits per heavy atom. The number of aliphatic carboxylic acids is 1. The number of carboxylic acid groups (broad SMARTS) is 1. The molecular weight excluding hydrogens is 237 g/mol. The summed E-state index contributed by atoms with van der Waals surface area (Å²) >= 11 is 0. The largest absolute Gasteiger partial charge is 0.479 e. The lowest BCUT2D eigenvalue weighted by Crippen LogP contribution is -2.26. The smallest absolute Gasteiger partial charge is 0.344 e. The van der Waals surface area contributed by atoms with Crippen molar-refractivity contribution in [2.45, 2.75) is 39.5 Å². The fraction of sp³-hybridized carbons (Fsp3) is 0.462. The molecule has 0 radical (unpaired) electrons. The molecule has 2 N–H and O–H groups in total. The third-order valence-electron chi connectivity index (χ3n) is 2.39. The van der Waals surface area contributed by atoms with E-state index in [1.54, 1.807) is 12.1 Å². The number of halogens is 1. The summed E-state index contributed by atoms with van der Waals surface area (Å²) < 4.78 is 18.8. The molecule has 0 amide bonds. The highest BCUT2D eigenvalue weighted by Crippen LogP contribution is 2.24. The van der Waals surface area contributed by atoms with Crippen LogP contribution in [0.15, 0.2) is 18.2 Å². The molecule has 4 nitrogen and oxygen atoms in total. The molecule has 1 atom stereocenters. The fourth-order valence-corrected chi connectivity index (χ4v) is 1.37. The lowest BCUT2D eigenvalue weighted by atomic mass is 10.1. The lowest BCUT2D eigenvalue weighted by molar-refractivity contribution is -0.144. The lowest BCUT2D eigenvalue weighted by Gasteiger charge is -2.16. The maximum atomic E-state index is 13.7. The summed E-state index contributed by atoms with van der Waals surface area (Å²) in [6.07, 6.45) is -1.08. The van der Waals surface area contributed by atoms with Crippen LogP contribution in [0, 0.1) is 5.82 Å². The van der Waals surface area contributed by atoms with Crippen molar-refractivity contribution in [3.05, 3.63) is 29.6 Å². The van der Waals surface area contributed by atoms with Gasteiger partial charge in [0.15, 0.2) is 17.7 Å². The molecule has 1 aromatic carbocycles. The molecule has 100 valence electrons. The van der Waals surface area contributed by atoms with E-state index in [-0.39, 0.29) is 11.8 Å². The highest BCUT2D eigenvalue weighted by molar-refractivity contribution is 5.72. The van der Waals surface area contributed by atoms with Crippen LogP contribution in [-0.4, -0.2) is 23.2 Å². The van der Waals surface area contributed by atoms with Gasteiger partial charge in [-0.05, 0) is 13.0 Å². The minimum absolute atomic E-state index is 0.000509. The van der Waals surface area contributed by atoms with Crippen LogP contribution in [0.3, 0.4) is 0 Å². The van der Waals surface area contributed by atoms with E-state index in [2.05, 4.69) is 5.32 Å². The molecule has 18 heavy (non-hydrogen) atoms. The molecule has 0 spiro atoms. The molecule has 0 aliphatic rings. The topological polar surface area (TPSA) is 58.6 Å². The number of ether oxygens (including phenoxy) is 1. The second-order valence-corrected chi connectivity index (χ2v) is 4.36. The minimum atomic E-state index is -1.12. The Kier molecular flexibility index (Phi) is 5.09. The molecule has 1 aromatic rings. The van der Waals surface area contributed by atoms with Gasteiger partial charge in [-0.1, -0.05) is 26.0 Å². The molecule has 0 fully saturated rings. The van der Waals surface area contributed by atoms with Gasteiger partial charge in [-0.2, -0.15) is 0 Å². The van der Waals surface area contributed by atoms with Crippen LogP contribution in [0.5, 0.6) is 5.75 Å². The number of nitrogens with one attached hydrogen (secondary N) is 1. The van der Waals surface area contributed by atoms with Crippen molar-refractivity contribution in [1.82, 2.24) is 5.32 Å². The number of hydrogen-bond donors (Lipinski definition) is 2. The van der Waals surface area contributed by atoms with Crippen LogP contribution < -0.4 is 10.1 Å². The number of carbonyl (C=O) groups is 1. The Bertz CT molecular complexity index is 421. The highest BCUT2D eigenvalue weighted by atomic mass is 19.1. The van der Waals surface area contributed by atoms with Crippen molar-refractivity contribution >= 4 is 5.97 Å². The Labute approximate surface area is 106 Å². The van der Waals surface area contributed by atoms with E-state index in [0.717, 1.165) is 0 Å². The molecule has 1 rings (SSSR count). The molecule has 0 aliphatic carbocycles. The average Bonchev–Trinajstić information content (AvgIpc) is 2.29. The zero-order valence-corrected chi connectivity index (χ0v) is 10.7. The Morgan fingerprint density at radius 2 is 2.11 bits per heavy atom. The summed E-state index contributed by atoms with van der Waals surface area (Å²) in [6, 6.07) is 4.79. The Morgan fingerprint density at radius 1 is 1.44 bits per heavy atom. The number of hydrogen-bond acceptors (Lipinski definition) is 3. The standard InChI is InChI=1S/C13H18FNO3/c1-8(2)15-7-10-5-4-6-11(14)12(10)18-9(3)13(16)17/h4-6,8-9,15H,7H2,1-3H3,(H,16,17). The van der Waals surface area contributed by atoms with E-state index in [0.29, 0.717) is 12.1 Å². The quantitative estimate of drug-likeness (QED) is 0.818. The normalized spacial score (nSPS) is 12.5. The second kappa shape index (κ2) is 6.35. The van der Waals surface area contributed by atoms with E-state index in [1.807, 2.05) is 13.8 Å². The predicted molar refractivity (Wildman–Crippen MR) is 66.1 cm³/mol. The SMILES string of the molecule is CC(C)NCc1cccc(F)c1OC(C)C(=O)O. The van der Waals surface area contributed by atoms with E-state index >= 15 is 0 Å². The van der Waals surface area contributed by atoms with Gasteiger partial charge in [-0.25, -0.2) is 9.18 Å². The van der Waals surface area contributed by atoms with E-state index in [4.69, 9.17) is 9.84 Å². The van der Waals surface area contributed by atoms with Crippen molar-refractivity contribution < 1.29 is 19.0 Å². The predicted octanol–water partition coefficient (Wildman–Crippen LogP) is 2.18. The monoisotopic (exact) mass is 255 g/mol. The Hall–Kier alpha value is -1.62. The summed E-state index contributed by atoms with van der Waals surface area (Å²) in [4.78, 5) is 10.7. The first kappa shape index (κ1) is 14.4. The van der Waals surface area contributed by atoms with Crippen LogP contribution in [0.25, 0.3) is 0 Å². The number of para-hydroxylation sites is 1. The zero-order chi connectivity index (χ0) is 13.7. The molecule has 0 heterocycles. The summed E-state index contributed by atoms with van der Waals surface area (Å²) in [6.45, 7) is 5.74. The van der Waals surface area contributed by atoms with Gasteiger partial charge in [-0.15, -0.1) is 0 Å². The van der Waals surface area contributed by atoms with Crippen LogP contribution in [0.1, 0.15) is 26.3 Å². The molecular formula is C13H18FNO3. The first-order valence-corrected chi connectivity index (χ1v) is 5.82. The van der Waals surface area contributed by atoms with Crippen LogP contribution in [-0.2, 0) is 11.3 Å². The molecule has 1 unspecified atom stereocenters.